The third-order valence-electron chi connectivity index (χ3n) is 5.89. The highest BCUT2D eigenvalue weighted by atomic mass is 35.5. The third-order valence-corrected chi connectivity index (χ3v) is 7.97. The topological polar surface area (TPSA) is 92.5 Å². The van der Waals surface area contributed by atoms with Gasteiger partial charge in [-0.25, -0.2) is 8.42 Å². The lowest BCUT2D eigenvalue weighted by atomic mass is 10.1. The maximum absolute atomic E-state index is 13.2. The molecule has 0 aliphatic carbocycles. The van der Waals surface area contributed by atoms with Crippen LogP contribution >= 0.6 is 11.6 Å². The lowest BCUT2D eigenvalue weighted by Gasteiger charge is -2.18. The van der Waals surface area contributed by atoms with E-state index in [1.807, 2.05) is 26.0 Å². The summed E-state index contributed by atoms with van der Waals surface area (Å²) < 4.78 is 29.7. The zero-order chi connectivity index (χ0) is 22.3. The number of rotatable bonds is 6. The zero-order valence-corrected chi connectivity index (χ0v) is 18.9. The number of hydrogen-bond acceptors (Lipinski definition) is 4. The van der Waals surface area contributed by atoms with Gasteiger partial charge in [-0.1, -0.05) is 37.6 Å². The Balaban J connectivity index is 1.69. The number of fused-ring (bicyclic) bond motifs is 1. The smallest absolute Gasteiger partial charge is 0.309 e. The van der Waals surface area contributed by atoms with Gasteiger partial charge in [-0.05, 0) is 48.2 Å². The van der Waals surface area contributed by atoms with Gasteiger partial charge in [-0.2, -0.15) is 9.40 Å². The molecule has 0 radical (unpaired) electrons. The summed E-state index contributed by atoms with van der Waals surface area (Å²) in [6.07, 6.45) is 0.634. The molecule has 0 unspecified atom stereocenters. The van der Waals surface area contributed by atoms with Crippen LogP contribution in [0.5, 0.6) is 0 Å². The molecule has 1 fully saturated rings. The summed E-state index contributed by atoms with van der Waals surface area (Å²) in [4.78, 5) is 11.6. The fourth-order valence-corrected chi connectivity index (χ4v) is 5.89. The Hall–Kier alpha value is -2.42. The molecule has 0 bridgehead atoms. The highest BCUT2D eigenvalue weighted by Gasteiger charge is 2.39. The van der Waals surface area contributed by atoms with E-state index >= 15 is 0 Å². The molecule has 1 aliphatic heterocycles. The van der Waals surface area contributed by atoms with Crippen LogP contribution in [0.4, 0.5) is 0 Å². The molecule has 2 atom stereocenters. The molecular formula is C22H24ClN3O4S. The van der Waals surface area contributed by atoms with Crippen LogP contribution in [0.15, 0.2) is 47.4 Å². The predicted molar refractivity (Wildman–Crippen MR) is 119 cm³/mol. The van der Waals surface area contributed by atoms with Crippen LogP contribution in [0, 0.1) is 5.92 Å². The maximum atomic E-state index is 13.2. The van der Waals surface area contributed by atoms with Gasteiger partial charge >= 0.3 is 5.97 Å². The number of halogens is 1. The van der Waals surface area contributed by atoms with Crippen molar-refractivity contribution in [2.45, 2.75) is 37.6 Å². The van der Waals surface area contributed by atoms with Gasteiger partial charge in [0.25, 0.3) is 0 Å². The molecule has 0 saturated carbocycles. The van der Waals surface area contributed by atoms with Crippen molar-refractivity contribution in [3.63, 3.8) is 0 Å². The maximum Gasteiger partial charge on any atom is 0.309 e. The van der Waals surface area contributed by atoms with E-state index in [0.717, 1.165) is 17.4 Å². The Morgan fingerprint density at radius 3 is 2.55 bits per heavy atom. The van der Waals surface area contributed by atoms with E-state index in [2.05, 4.69) is 5.10 Å². The largest absolute Gasteiger partial charge is 0.481 e. The monoisotopic (exact) mass is 461 g/mol. The van der Waals surface area contributed by atoms with Gasteiger partial charge in [0, 0.05) is 23.5 Å². The summed E-state index contributed by atoms with van der Waals surface area (Å²) in [5, 5.41) is 15.1. The van der Waals surface area contributed by atoms with Crippen LogP contribution < -0.4 is 0 Å². The summed E-state index contributed by atoms with van der Waals surface area (Å²) in [7, 11) is -3.64. The number of hydrogen-bond donors (Lipinski definition) is 1. The Bertz CT molecular complexity index is 1240. The van der Waals surface area contributed by atoms with Crippen LogP contribution in [-0.2, 0) is 27.7 Å². The van der Waals surface area contributed by atoms with Crippen molar-refractivity contribution in [3.8, 4) is 0 Å². The Morgan fingerprint density at radius 1 is 1.19 bits per heavy atom. The van der Waals surface area contributed by atoms with Crippen LogP contribution in [0.2, 0.25) is 5.02 Å². The van der Waals surface area contributed by atoms with Crippen LogP contribution in [0.3, 0.4) is 0 Å². The fraction of sp³-hybridized carbons (Fsp3) is 0.364. The van der Waals surface area contributed by atoms with Crippen molar-refractivity contribution < 1.29 is 18.3 Å². The number of carboxylic acids is 1. The van der Waals surface area contributed by atoms with Gasteiger partial charge in [0.2, 0.25) is 10.0 Å². The van der Waals surface area contributed by atoms with Crippen molar-refractivity contribution in [1.29, 1.82) is 0 Å². The zero-order valence-electron chi connectivity index (χ0n) is 17.3. The average molecular weight is 462 g/mol. The highest BCUT2D eigenvalue weighted by molar-refractivity contribution is 7.89. The van der Waals surface area contributed by atoms with E-state index in [1.165, 1.54) is 4.31 Å². The average Bonchev–Trinajstić information content (AvgIpc) is 3.28. The second-order valence-corrected chi connectivity index (χ2v) is 10.4. The molecule has 1 saturated heterocycles. The number of benzene rings is 2. The molecule has 1 aromatic heterocycles. The van der Waals surface area contributed by atoms with Gasteiger partial charge in [0.05, 0.1) is 28.6 Å². The van der Waals surface area contributed by atoms with Gasteiger partial charge in [-0.3, -0.25) is 9.48 Å². The van der Waals surface area contributed by atoms with Gasteiger partial charge < -0.3 is 5.11 Å². The van der Waals surface area contributed by atoms with E-state index in [0.29, 0.717) is 22.8 Å². The standard InChI is InChI=1S/C22H24ClN3O4S/c1-3-15-4-7-17(8-5-15)31(29,30)25-12-14(2)21(13-25)26-20-10-16(23)6-9-18(20)19(24-26)11-22(27)28/h4-10,14,21H,3,11-13H2,1-2H3,(H,27,28)/t14-,21+/m1/s1. The highest BCUT2D eigenvalue weighted by Crippen LogP contribution is 2.35. The SMILES string of the molecule is CCc1ccc(S(=O)(=O)N2C[C@@H](C)[C@@H](n3nc(CC(=O)O)c4ccc(Cl)cc43)C2)cc1. The molecule has 1 aliphatic rings. The number of carboxylic acid groups (broad SMARTS) is 1. The molecule has 0 amide bonds. The fourth-order valence-electron chi connectivity index (χ4n) is 4.17. The first-order valence-electron chi connectivity index (χ1n) is 10.2. The van der Waals surface area contributed by atoms with Crippen molar-refractivity contribution in [3.05, 3.63) is 58.7 Å². The first-order chi connectivity index (χ1) is 14.7. The molecule has 1 N–H and O–H groups in total. The van der Waals surface area contributed by atoms with Crippen molar-refractivity contribution >= 4 is 38.5 Å². The van der Waals surface area contributed by atoms with E-state index < -0.39 is 16.0 Å². The Morgan fingerprint density at radius 2 is 1.90 bits per heavy atom. The molecular weight excluding hydrogens is 438 g/mol. The molecule has 3 aromatic rings. The van der Waals surface area contributed by atoms with Gasteiger partial charge in [-0.15, -0.1) is 0 Å². The Kier molecular flexibility index (Phi) is 5.81. The normalized spacial score (nSPS) is 19.8. The minimum absolute atomic E-state index is 0.00977. The van der Waals surface area contributed by atoms with E-state index in [1.54, 1.807) is 35.0 Å². The minimum Gasteiger partial charge on any atom is -0.481 e. The molecule has 2 heterocycles. The van der Waals surface area contributed by atoms with E-state index in [4.69, 9.17) is 11.6 Å². The summed E-state index contributed by atoms with van der Waals surface area (Å²) in [6.45, 7) is 4.62. The van der Waals surface area contributed by atoms with Crippen LogP contribution in [-0.4, -0.2) is 46.7 Å². The first kappa shape index (κ1) is 21.8. The second kappa shape index (κ2) is 8.26. The lowest BCUT2D eigenvalue weighted by Crippen LogP contribution is -2.29. The van der Waals surface area contributed by atoms with Crippen molar-refractivity contribution in [2.75, 3.05) is 13.1 Å². The number of carbonyl (C=O) groups is 1. The minimum atomic E-state index is -3.64. The molecule has 7 nitrogen and oxygen atoms in total. The number of sulfonamides is 1. The number of aliphatic carboxylic acids is 1. The van der Waals surface area contributed by atoms with E-state index in [9.17, 15) is 18.3 Å². The van der Waals surface area contributed by atoms with E-state index in [-0.39, 0.29) is 29.8 Å². The molecule has 4 rings (SSSR count). The summed E-state index contributed by atoms with van der Waals surface area (Å²) >= 11 is 6.19. The molecule has 2 aromatic carbocycles. The first-order valence-corrected chi connectivity index (χ1v) is 12.0. The molecule has 164 valence electrons. The third kappa shape index (κ3) is 4.07. The lowest BCUT2D eigenvalue weighted by molar-refractivity contribution is -0.136. The van der Waals surface area contributed by atoms with Crippen LogP contribution in [0.1, 0.15) is 31.1 Å². The molecule has 0 spiro atoms. The number of aryl methyl sites for hydroxylation is 1. The summed E-state index contributed by atoms with van der Waals surface area (Å²) in [6, 6.07) is 12.0. The summed E-state index contributed by atoms with van der Waals surface area (Å²) in [5.41, 5.74) is 2.24. The molecule has 9 heteroatoms. The van der Waals surface area contributed by atoms with Crippen molar-refractivity contribution in [2.24, 2.45) is 5.92 Å². The van der Waals surface area contributed by atoms with Crippen LogP contribution in [0.25, 0.3) is 10.9 Å². The quantitative estimate of drug-likeness (QED) is 0.603. The summed E-state index contributed by atoms with van der Waals surface area (Å²) in [5.74, 6) is -0.981. The number of aromatic nitrogens is 2. The second-order valence-electron chi connectivity index (χ2n) is 7.99. The van der Waals surface area contributed by atoms with Crippen molar-refractivity contribution in [1.82, 2.24) is 14.1 Å². The molecule has 31 heavy (non-hydrogen) atoms. The Labute approximate surface area is 186 Å². The van der Waals surface area contributed by atoms with Gasteiger partial charge in [0.15, 0.2) is 0 Å². The predicted octanol–water partition coefficient (Wildman–Crippen LogP) is 3.76. The number of nitrogens with zero attached hydrogens (tertiary/aromatic N) is 3. The van der Waals surface area contributed by atoms with Gasteiger partial charge in [0.1, 0.15) is 0 Å².